The standard InChI is InChI=1S/C13H14/c1-10-7-8-13(11(2)9-10)12-5-3-4-6-12/h3-5,7-9H,6H2,1-2H3. The van der Waals surface area contributed by atoms with Crippen LogP contribution < -0.4 is 0 Å². The fourth-order valence-electron chi connectivity index (χ4n) is 1.82. The summed E-state index contributed by atoms with van der Waals surface area (Å²) >= 11 is 0. The summed E-state index contributed by atoms with van der Waals surface area (Å²) in [5.41, 5.74) is 5.57. The van der Waals surface area contributed by atoms with E-state index < -0.39 is 0 Å². The fourth-order valence-corrected chi connectivity index (χ4v) is 1.82. The van der Waals surface area contributed by atoms with Crippen LogP contribution in [0, 0.1) is 13.8 Å². The van der Waals surface area contributed by atoms with Crippen molar-refractivity contribution in [2.24, 2.45) is 0 Å². The number of hydrogen-bond donors (Lipinski definition) is 0. The minimum atomic E-state index is 1.09. The smallest absolute Gasteiger partial charge is 0.00883 e. The van der Waals surface area contributed by atoms with Crippen LogP contribution in [0.2, 0.25) is 0 Å². The molecule has 0 heteroatoms. The van der Waals surface area contributed by atoms with E-state index in [-0.39, 0.29) is 0 Å². The molecule has 0 heterocycles. The number of benzene rings is 1. The Bertz CT molecular complexity index is 381. The van der Waals surface area contributed by atoms with Gasteiger partial charge in [-0.1, -0.05) is 42.0 Å². The summed E-state index contributed by atoms with van der Waals surface area (Å²) in [5.74, 6) is 0. The zero-order valence-electron chi connectivity index (χ0n) is 8.17. The molecule has 1 aromatic rings. The van der Waals surface area contributed by atoms with Crippen molar-refractivity contribution < 1.29 is 0 Å². The maximum absolute atomic E-state index is 2.24. The van der Waals surface area contributed by atoms with Crippen LogP contribution in [0.5, 0.6) is 0 Å². The number of allylic oxidation sites excluding steroid dienone is 4. The Morgan fingerprint density at radius 1 is 1.15 bits per heavy atom. The normalized spacial score (nSPS) is 14.8. The van der Waals surface area contributed by atoms with Crippen LogP contribution in [0.4, 0.5) is 0 Å². The second-order valence-electron chi connectivity index (χ2n) is 3.64. The van der Waals surface area contributed by atoms with E-state index in [1.54, 1.807) is 0 Å². The minimum Gasteiger partial charge on any atom is -0.0801 e. The third kappa shape index (κ3) is 1.57. The maximum atomic E-state index is 2.24. The molecule has 1 aromatic carbocycles. The Morgan fingerprint density at radius 2 is 2.00 bits per heavy atom. The predicted molar refractivity (Wildman–Crippen MR) is 57.7 cm³/mol. The van der Waals surface area contributed by atoms with Crippen molar-refractivity contribution >= 4 is 5.57 Å². The molecular weight excluding hydrogens is 156 g/mol. The van der Waals surface area contributed by atoms with Crippen LogP contribution in [-0.4, -0.2) is 0 Å². The summed E-state index contributed by atoms with van der Waals surface area (Å²) < 4.78 is 0. The molecule has 0 aliphatic heterocycles. The van der Waals surface area contributed by atoms with Gasteiger partial charge in [-0.2, -0.15) is 0 Å². The van der Waals surface area contributed by atoms with Crippen LogP contribution in [0.15, 0.2) is 36.4 Å². The van der Waals surface area contributed by atoms with Crippen molar-refractivity contribution in [3.8, 4) is 0 Å². The van der Waals surface area contributed by atoms with Gasteiger partial charge in [-0.05, 0) is 37.0 Å². The van der Waals surface area contributed by atoms with Crippen LogP contribution in [-0.2, 0) is 0 Å². The molecule has 66 valence electrons. The number of aryl methyl sites for hydroxylation is 2. The van der Waals surface area contributed by atoms with Crippen molar-refractivity contribution in [1.29, 1.82) is 0 Å². The van der Waals surface area contributed by atoms with Crippen molar-refractivity contribution in [3.05, 3.63) is 53.1 Å². The van der Waals surface area contributed by atoms with Crippen LogP contribution >= 0.6 is 0 Å². The summed E-state index contributed by atoms with van der Waals surface area (Å²) in [7, 11) is 0. The molecule has 0 radical (unpaired) electrons. The molecule has 0 amide bonds. The first kappa shape index (κ1) is 8.31. The minimum absolute atomic E-state index is 1.09. The van der Waals surface area contributed by atoms with Gasteiger partial charge in [-0.3, -0.25) is 0 Å². The largest absolute Gasteiger partial charge is 0.0801 e. The Morgan fingerprint density at radius 3 is 2.62 bits per heavy atom. The quantitative estimate of drug-likeness (QED) is 0.603. The summed E-state index contributed by atoms with van der Waals surface area (Å²) in [6.45, 7) is 4.32. The highest BCUT2D eigenvalue weighted by atomic mass is 14.1. The highest BCUT2D eigenvalue weighted by molar-refractivity contribution is 5.73. The van der Waals surface area contributed by atoms with Gasteiger partial charge in [0.25, 0.3) is 0 Å². The first-order valence-corrected chi connectivity index (χ1v) is 4.71. The Kier molecular flexibility index (Phi) is 2.05. The van der Waals surface area contributed by atoms with Gasteiger partial charge in [-0.15, -0.1) is 0 Å². The van der Waals surface area contributed by atoms with Crippen LogP contribution in [0.25, 0.3) is 5.57 Å². The van der Waals surface area contributed by atoms with Gasteiger partial charge in [-0.25, -0.2) is 0 Å². The summed E-state index contributed by atoms with van der Waals surface area (Å²) in [4.78, 5) is 0. The maximum Gasteiger partial charge on any atom is -0.00883 e. The van der Waals surface area contributed by atoms with E-state index in [1.807, 2.05) is 0 Å². The fraction of sp³-hybridized carbons (Fsp3) is 0.231. The zero-order chi connectivity index (χ0) is 9.26. The first-order chi connectivity index (χ1) is 6.27. The lowest BCUT2D eigenvalue weighted by atomic mass is 9.98. The SMILES string of the molecule is Cc1ccc(C2=CC=CC2)c(C)c1. The molecule has 0 saturated carbocycles. The van der Waals surface area contributed by atoms with E-state index in [0.717, 1.165) is 6.42 Å². The van der Waals surface area contributed by atoms with E-state index in [0.29, 0.717) is 0 Å². The molecule has 0 atom stereocenters. The van der Waals surface area contributed by atoms with E-state index in [1.165, 1.54) is 22.3 Å². The van der Waals surface area contributed by atoms with Gasteiger partial charge in [0.2, 0.25) is 0 Å². The first-order valence-electron chi connectivity index (χ1n) is 4.71. The van der Waals surface area contributed by atoms with Gasteiger partial charge in [0.1, 0.15) is 0 Å². The molecule has 13 heavy (non-hydrogen) atoms. The molecule has 2 rings (SSSR count). The Hall–Kier alpha value is -1.30. The van der Waals surface area contributed by atoms with Gasteiger partial charge in [0.05, 0.1) is 0 Å². The summed E-state index contributed by atoms with van der Waals surface area (Å²) in [5, 5.41) is 0. The highest BCUT2D eigenvalue weighted by Gasteiger charge is 2.05. The van der Waals surface area contributed by atoms with Gasteiger partial charge >= 0.3 is 0 Å². The molecule has 0 bridgehead atoms. The monoisotopic (exact) mass is 170 g/mol. The lowest BCUT2D eigenvalue weighted by molar-refractivity contribution is 1.32. The van der Waals surface area contributed by atoms with Crippen molar-refractivity contribution in [3.63, 3.8) is 0 Å². The van der Waals surface area contributed by atoms with E-state index in [4.69, 9.17) is 0 Å². The average molecular weight is 170 g/mol. The number of rotatable bonds is 1. The van der Waals surface area contributed by atoms with Crippen LogP contribution in [0.1, 0.15) is 23.1 Å². The van der Waals surface area contributed by atoms with Crippen molar-refractivity contribution in [2.45, 2.75) is 20.3 Å². The number of hydrogen-bond acceptors (Lipinski definition) is 0. The predicted octanol–water partition coefficient (Wildman–Crippen LogP) is 3.65. The molecule has 1 aliphatic rings. The molecule has 0 N–H and O–H groups in total. The van der Waals surface area contributed by atoms with E-state index in [9.17, 15) is 0 Å². The molecular formula is C13H14. The Labute approximate surface area is 79.6 Å². The van der Waals surface area contributed by atoms with Gasteiger partial charge in [0.15, 0.2) is 0 Å². The molecule has 0 nitrogen and oxygen atoms in total. The second kappa shape index (κ2) is 3.21. The lowest BCUT2D eigenvalue weighted by Gasteiger charge is -2.07. The summed E-state index contributed by atoms with van der Waals surface area (Å²) in [6, 6.07) is 6.65. The zero-order valence-corrected chi connectivity index (χ0v) is 8.17. The highest BCUT2D eigenvalue weighted by Crippen LogP contribution is 2.26. The van der Waals surface area contributed by atoms with Crippen LogP contribution in [0.3, 0.4) is 0 Å². The van der Waals surface area contributed by atoms with Gasteiger partial charge < -0.3 is 0 Å². The molecule has 1 aliphatic carbocycles. The lowest BCUT2D eigenvalue weighted by Crippen LogP contribution is -1.87. The molecule has 0 aromatic heterocycles. The van der Waals surface area contributed by atoms with E-state index >= 15 is 0 Å². The second-order valence-corrected chi connectivity index (χ2v) is 3.64. The molecule has 0 fully saturated rings. The topological polar surface area (TPSA) is 0 Å². The van der Waals surface area contributed by atoms with Gasteiger partial charge in [0, 0.05) is 0 Å². The summed E-state index contributed by atoms with van der Waals surface area (Å²) in [6.07, 6.45) is 7.63. The third-order valence-electron chi connectivity index (χ3n) is 2.50. The molecule has 0 spiro atoms. The van der Waals surface area contributed by atoms with Crippen molar-refractivity contribution in [2.75, 3.05) is 0 Å². The molecule has 0 unspecified atom stereocenters. The average Bonchev–Trinajstić information content (AvgIpc) is 2.56. The van der Waals surface area contributed by atoms with E-state index in [2.05, 4.69) is 50.3 Å². The molecule has 0 saturated heterocycles. The van der Waals surface area contributed by atoms with Crippen molar-refractivity contribution in [1.82, 2.24) is 0 Å². The Balaban J connectivity index is 2.41. The third-order valence-corrected chi connectivity index (χ3v) is 2.50.